The molecule has 0 atom stereocenters. The summed E-state index contributed by atoms with van der Waals surface area (Å²) in [6.07, 6.45) is 1.06. The molecule has 0 aliphatic carbocycles. The van der Waals surface area contributed by atoms with Crippen LogP contribution in [0.5, 0.6) is 11.5 Å². The second kappa shape index (κ2) is 7.53. The number of rotatable bonds is 4. The highest BCUT2D eigenvalue weighted by atomic mass is 19.1. The Bertz CT molecular complexity index is 997. The van der Waals surface area contributed by atoms with E-state index in [0.717, 1.165) is 12.1 Å². The number of nitriles is 1. The van der Waals surface area contributed by atoms with Gasteiger partial charge in [0.25, 0.3) is 11.6 Å². The highest BCUT2D eigenvalue weighted by molar-refractivity contribution is 6.10. The van der Waals surface area contributed by atoms with Crippen molar-refractivity contribution in [3.8, 4) is 17.6 Å². The number of nitrogens with zero attached hydrogens (tertiary/aromatic N) is 2. The van der Waals surface area contributed by atoms with Gasteiger partial charge in [0.15, 0.2) is 11.5 Å². The Morgan fingerprint density at radius 3 is 2.56 bits per heavy atom. The van der Waals surface area contributed by atoms with Crippen LogP contribution in [0, 0.1) is 27.3 Å². The lowest BCUT2D eigenvalue weighted by Gasteiger charge is -2.19. The lowest BCUT2D eigenvalue weighted by molar-refractivity contribution is -0.384. The number of fused-ring (bicyclic) bond motifs is 1. The number of nitro groups is 1. The van der Waals surface area contributed by atoms with Crippen molar-refractivity contribution in [2.75, 3.05) is 18.5 Å². The first-order chi connectivity index (χ1) is 13.0. The van der Waals surface area contributed by atoms with E-state index < -0.39 is 27.9 Å². The first-order valence-electron chi connectivity index (χ1n) is 7.75. The van der Waals surface area contributed by atoms with Gasteiger partial charge in [0.1, 0.15) is 36.4 Å². The standard InChI is InChI=1S/C18H12FN3O5/c19-13-4-2-1-3-11(13)7-12(10-20)18(23)21-14-8-16-17(27-6-5-26-16)9-15(14)22(24)25/h1-4,7-9H,5-6H2,(H,21,23)/b12-7+. The topological polar surface area (TPSA) is 114 Å². The van der Waals surface area contributed by atoms with Gasteiger partial charge in [-0.3, -0.25) is 14.9 Å². The first-order valence-corrected chi connectivity index (χ1v) is 7.75. The third kappa shape index (κ3) is 3.85. The number of carbonyl (C=O) groups excluding carboxylic acids is 1. The predicted octanol–water partition coefficient (Wildman–Crippen LogP) is 3.05. The fourth-order valence-electron chi connectivity index (χ4n) is 2.42. The molecule has 0 fully saturated rings. The number of benzene rings is 2. The highest BCUT2D eigenvalue weighted by Crippen LogP contribution is 2.39. The van der Waals surface area contributed by atoms with Gasteiger partial charge in [0, 0.05) is 11.6 Å². The average molecular weight is 369 g/mol. The molecule has 0 saturated carbocycles. The van der Waals surface area contributed by atoms with Gasteiger partial charge in [-0.15, -0.1) is 0 Å². The normalized spacial score (nSPS) is 12.8. The summed E-state index contributed by atoms with van der Waals surface area (Å²) in [7, 11) is 0. The summed E-state index contributed by atoms with van der Waals surface area (Å²) in [5, 5.41) is 22.8. The van der Waals surface area contributed by atoms with E-state index in [-0.39, 0.29) is 36.0 Å². The van der Waals surface area contributed by atoms with E-state index in [9.17, 15) is 24.6 Å². The fraction of sp³-hybridized carbons (Fsp3) is 0.111. The Kier molecular flexibility index (Phi) is 4.99. The van der Waals surface area contributed by atoms with Crippen LogP contribution in [-0.4, -0.2) is 24.0 Å². The summed E-state index contributed by atoms with van der Waals surface area (Å²) in [5.74, 6) is -1.10. The molecule has 1 amide bonds. The molecule has 8 nitrogen and oxygen atoms in total. The quantitative estimate of drug-likeness (QED) is 0.383. The Morgan fingerprint density at radius 2 is 1.93 bits per heavy atom. The molecule has 0 spiro atoms. The van der Waals surface area contributed by atoms with E-state index >= 15 is 0 Å². The van der Waals surface area contributed by atoms with Crippen molar-refractivity contribution in [3.63, 3.8) is 0 Å². The molecule has 2 aromatic rings. The summed E-state index contributed by atoms with van der Waals surface area (Å²) in [6, 6.07) is 9.65. The van der Waals surface area contributed by atoms with Crippen molar-refractivity contribution in [1.82, 2.24) is 0 Å². The number of hydrogen-bond donors (Lipinski definition) is 1. The van der Waals surface area contributed by atoms with Crippen LogP contribution in [-0.2, 0) is 4.79 Å². The number of hydrogen-bond acceptors (Lipinski definition) is 6. The van der Waals surface area contributed by atoms with Crippen LogP contribution in [0.1, 0.15) is 5.56 Å². The minimum Gasteiger partial charge on any atom is -0.486 e. The first kappa shape index (κ1) is 17.9. The average Bonchev–Trinajstić information content (AvgIpc) is 2.66. The predicted molar refractivity (Wildman–Crippen MR) is 92.7 cm³/mol. The van der Waals surface area contributed by atoms with Crippen LogP contribution >= 0.6 is 0 Å². The van der Waals surface area contributed by atoms with Crippen molar-refractivity contribution in [1.29, 1.82) is 5.26 Å². The summed E-state index contributed by atoms with van der Waals surface area (Å²) in [4.78, 5) is 23.0. The molecule has 0 unspecified atom stereocenters. The van der Waals surface area contributed by atoms with Gasteiger partial charge in [0.05, 0.1) is 11.0 Å². The van der Waals surface area contributed by atoms with Crippen molar-refractivity contribution < 1.29 is 23.6 Å². The molecule has 0 aromatic heterocycles. The van der Waals surface area contributed by atoms with Crippen LogP contribution in [0.3, 0.4) is 0 Å². The number of nitro benzene ring substituents is 1. The smallest absolute Gasteiger partial charge is 0.296 e. The molecule has 0 radical (unpaired) electrons. The largest absolute Gasteiger partial charge is 0.486 e. The third-order valence-electron chi connectivity index (χ3n) is 3.68. The summed E-state index contributed by atoms with van der Waals surface area (Å²) < 4.78 is 24.4. The van der Waals surface area contributed by atoms with Gasteiger partial charge >= 0.3 is 0 Å². The fourth-order valence-corrected chi connectivity index (χ4v) is 2.42. The van der Waals surface area contributed by atoms with E-state index in [1.54, 1.807) is 12.1 Å². The zero-order chi connectivity index (χ0) is 19.4. The van der Waals surface area contributed by atoms with Crippen molar-refractivity contribution in [3.05, 3.63) is 63.5 Å². The number of anilines is 1. The van der Waals surface area contributed by atoms with Gasteiger partial charge in [-0.25, -0.2) is 4.39 Å². The van der Waals surface area contributed by atoms with Gasteiger partial charge in [-0.1, -0.05) is 18.2 Å². The number of halogens is 1. The van der Waals surface area contributed by atoms with E-state index in [0.29, 0.717) is 0 Å². The van der Waals surface area contributed by atoms with Crippen molar-refractivity contribution in [2.24, 2.45) is 0 Å². The van der Waals surface area contributed by atoms with E-state index in [1.807, 2.05) is 0 Å². The van der Waals surface area contributed by atoms with E-state index in [1.165, 1.54) is 24.3 Å². The summed E-state index contributed by atoms with van der Waals surface area (Å²) >= 11 is 0. The van der Waals surface area contributed by atoms with Crippen LogP contribution in [0.4, 0.5) is 15.8 Å². The van der Waals surface area contributed by atoms with Gasteiger partial charge in [-0.05, 0) is 12.1 Å². The van der Waals surface area contributed by atoms with Gasteiger partial charge < -0.3 is 14.8 Å². The molecule has 1 heterocycles. The van der Waals surface area contributed by atoms with Crippen LogP contribution < -0.4 is 14.8 Å². The van der Waals surface area contributed by atoms with Crippen LogP contribution in [0.2, 0.25) is 0 Å². The molecule has 1 aliphatic rings. The SMILES string of the molecule is N#C/C(=C\c1ccccc1F)C(=O)Nc1cc2c(cc1[N+](=O)[O-])OCCO2. The molecule has 3 rings (SSSR count). The molecule has 0 saturated heterocycles. The molecule has 1 aliphatic heterocycles. The lowest BCUT2D eigenvalue weighted by atomic mass is 10.1. The summed E-state index contributed by atoms with van der Waals surface area (Å²) in [6.45, 7) is 0.509. The van der Waals surface area contributed by atoms with Gasteiger partial charge in [-0.2, -0.15) is 5.26 Å². The molecule has 9 heteroatoms. The Morgan fingerprint density at radius 1 is 1.26 bits per heavy atom. The minimum absolute atomic E-state index is 0.0425. The second-order valence-electron chi connectivity index (χ2n) is 5.42. The zero-order valence-electron chi connectivity index (χ0n) is 13.8. The van der Waals surface area contributed by atoms with Gasteiger partial charge in [0.2, 0.25) is 0 Å². The molecular weight excluding hydrogens is 357 g/mol. The highest BCUT2D eigenvalue weighted by Gasteiger charge is 2.24. The zero-order valence-corrected chi connectivity index (χ0v) is 13.8. The lowest BCUT2D eigenvalue weighted by Crippen LogP contribution is -2.18. The maximum atomic E-state index is 13.7. The Hall–Kier alpha value is -3.93. The molecule has 1 N–H and O–H groups in total. The number of ether oxygens (including phenoxy) is 2. The maximum Gasteiger partial charge on any atom is 0.296 e. The second-order valence-corrected chi connectivity index (χ2v) is 5.42. The molecule has 27 heavy (non-hydrogen) atoms. The maximum absolute atomic E-state index is 13.7. The van der Waals surface area contributed by atoms with E-state index in [4.69, 9.17) is 9.47 Å². The monoisotopic (exact) mass is 369 g/mol. The molecular formula is C18H12FN3O5. The molecule has 136 valence electrons. The van der Waals surface area contributed by atoms with Crippen molar-refractivity contribution >= 4 is 23.4 Å². The van der Waals surface area contributed by atoms with Crippen LogP contribution in [0.15, 0.2) is 42.0 Å². The number of nitrogens with one attached hydrogen (secondary N) is 1. The minimum atomic E-state index is -0.916. The van der Waals surface area contributed by atoms with Crippen LogP contribution in [0.25, 0.3) is 6.08 Å². The third-order valence-corrected chi connectivity index (χ3v) is 3.68. The van der Waals surface area contributed by atoms with Crippen molar-refractivity contribution in [2.45, 2.75) is 0 Å². The number of carbonyl (C=O) groups is 1. The Labute approximate surface area is 152 Å². The number of amides is 1. The van der Waals surface area contributed by atoms with E-state index in [2.05, 4.69) is 5.32 Å². The molecule has 2 aromatic carbocycles. The summed E-state index contributed by atoms with van der Waals surface area (Å²) in [5.41, 5.74) is -0.954. The molecule has 0 bridgehead atoms. The Balaban J connectivity index is 1.94.